The number of fused-ring (bicyclic) bond motifs is 1. The molecule has 0 radical (unpaired) electrons. The van der Waals surface area contributed by atoms with E-state index in [0.717, 1.165) is 5.75 Å². The molecule has 0 amide bonds. The molecule has 0 saturated heterocycles. The number of hydrogen-bond donors (Lipinski definition) is 1. The zero-order valence-electron chi connectivity index (χ0n) is 8.80. The van der Waals surface area contributed by atoms with Crippen molar-refractivity contribution in [2.75, 3.05) is 11.5 Å². The van der Waals surface area contributed by atoms with Crippen molar-refractivity contribution in [3.8, 4) is 5.75 Å². The van der Waals surface area contributed by atoms with Crippen LogP contribution in [0, 0.1) is 0 Å². The minimum absolute atomic E-state index is 0.0138. The van der Waals surface area contributed by atoms with Gasteiger partial charge >= 0.3 is 0 Å². The van der Waals surface area contributed by atoms with Gasteiger partial charge in [-0.15, -0.1) is 0 Å². The Labute approximate surface area is 99.1 Å². The Bertz CT molecular complexity index is 544. The normalized spacial score (nSPS) is 16.9. The van der Waals surface area contributed by atoms with Gasteiger partial charge in [-0.3, -0.25) is 0 Å². The zero-order valence-corrected chi connectivity index (χ0v) is 10.4. The second kappa shape index (κ2) is 4.14. The molecule has 1 aliphatic rings. The molecule has 1 N–H and O–H groups in total. The lowest BCUT2D eigenvalue weighted by Crippen LogP contribution is -2.02. The molecule has 1 aromatic carbocycles. The number of hydrogen-bond acceptors (Lipinski definition) is 4. The van der Waals surface area contributed by atoms with Gasteiger partial charge in [0, 0.05) is 5.75 Å². The fourth-order valence-corrected chi connectivity index (χ4v) is 4.23. The lowest BCUT2D eigenvalue weighted by molar-refractivity contribution is 0.473. The summed E-state index contributed by atoms with van der Waals surface area (Å²) in [6.07, 6.45) is 1.69. The summed E-state index contributed by atoms with van der Waals surface area (Å²) in [6.45, 7) is 1.99. The molecule has 1 aromatic rings. The molecule has 0 bridgehead atoms. The quantitative estimate of drug-likeness (QED) is 0.901. The van der Waals surface area contributed by atoms with Gasteiger partial charge in [0.2, 0.25) is 9.84 Å². The molecule has 0 aromatic heterocycles. The Balaban J connectivity index is 2.44. The summed E-state index contributed by atoms with van der Waals surface area (Å²) < 4.78 is 24.1. The third-order valence-electron chi connectivity index (χ3n) is 2.40. The predicted molar refractivity (Wildman–Crippen MR) is 66.3 cm³/mol. The summed E-state index contributed by atoms with van der Waals surface area (Å²) in [7, 11) is -3.36. The summed E-state index contributed by atoms with van der Waals surface area (Å²) in [6, 6.07) is 4.44. The maximum Gasteiger partial charge on any atom is 0.204 e. The maximum absolute atomic E-state index is 12.0. The number of aromatic hydroxyl groups is 1. The molecular weight excluding hydrogens is 244 g/mol. The Morgan fingerprint density at radius 3 is 2.81 bits per heavy atom. The average Bonchev–Trinajstić information content (AvgIpc) is 2.48. The van der Waals surface area contributed by atoms with E-state index in [4.69, 9.17) is 0 Å². The van der Waals surface area contributed by atoms with Gasteiger partial charge in [0.05, 0.1) is 9.80 Å². The number of rotatable bonds is 3. The van der Waals surface area contributed by atoms with E-state index in [1.807, 2.05) is 6.92 Å². The number of benzene rings is 1. The van der Waals surface area contributed by atoms with Crippen molar-refractivity contribution in [3.63, 3.8) is 0 Å². The van der Waals surface area contributed by atoms with E-state index >= 15 is 0 Å². The topological polar surface area (TPSA) is 54.4 Å². The van der Waals surface area contributed by atoms with Crippen LogP contribution in [-0.2, 0) is 9.84 Å². The van der Waals surface area contributed by atoms with Crippen LogP contribution in [0.25, 0.3) is 6.08 Å². The summed E-state index contributed by atoms with van der Waals surface area (Å²) in [5, 5.41) is 9.30. The molecule has 5 heteroatoms. The van der Waals surface area contributed by atoms with Gasteiger partial charge in [-0.2, -0.15) is 11.8 Å². The van der Waals surface area contributed by atoms with Gasteiger partial charge in [0.15, 0.2) is 0 Å². The van der Waals surface area contributed by atoms with Crippen molar-refractivity contribution in [1.82, 2.24) is 0 Å². The molecule has 16 heavy (non-hydrogen) atoms. The van der Waals surface area contributed by atoms with Crippen LogP contribution in [0.15, 0.2) is 28.0 Å². The highest BCUT2D eigenvalue weighted by Gasteiger charge is 2.29. The van der Waals surface area contributed by atoms with Gasteiger partial charge in [0.1, 0.15) is 5.75 Å². The molecule has 0 unspecified atom stereocenters. The van der Waals surface area contributed by atoms with Gasteiger partial charge in [0.25, 0.3) is 0 Å². The van der Waals surface area contributed by atoms with Crippen molar-refractivity contribution in [2.45, 2.75) is 11.8 Å². The Hall–Kier alpha value is -0.940. The van der Waals surface area contributed by atoms with E-state index in [0.29, 0.717) is 16.2 Å². The van der Waals surface area contributed by atoms with Crippen molar-refractivity contribution in [3.05, 3.63) is 28.7 Å². The molecule has 0 spiro atoms. The molecular formula is C11H12O3S2. The predicted octanol–water partition coefficient (Wildman–Crippen LogP) is 2.27. The Morgan fingerprint density at radius 1 is 1.38 bits per heavy atom. The first kappa shape index (κ1) is 11.5. The molecule has 2 rings (SSSR count). The lowest BCUT2D eigenvalue weighted by atomic mass is 10.2. The molecule has 0 aliphatic carbocycles. The number of phenols is 1. The van der Waals surface area contributed by atoms with Gasteiger partial charge < -0.3 is 5.11 Å². The molecule has 1 heterocycles. The fraction of sp³-hybridized carbons (Fsp3) is 0.273. The van der Waals surface area contributed by atoms with Crippen LogP contribution >= 0.6 is 11.8 Å². The maximum atomic E-state index is 12.0. The van der Waals surface area contributed by atoms with Crippen LogP contribution in [0.4, 0.5) is 0 Å². The van der Waals surface area contributed by atoms with Gasteiger partial charge in [-0.25, -0.2) is 8.42 Å². The number of thioether (sulfide) groups is 1. The van der Waals surface area contributed by atoms with Gasteiger partial charge in [-0.1, -0.05) is 6.92 Å². The standard InChI is InChI=1S/C11H12O3S2/c1-2-15-7-10-5-8-3-4-9(12)6-11(8)16(10,13)14/h3-6,12H,2,7H2,1H3. The molecule has 0 fully saturated rings. The second-order valence-electron chi connectivity index (χ2n) is 3.47. The van der Waals surface area contributed by atoms with E-state index in [-0.39, 0.29) is 10.6 Å². The Kier molecular flexibility index (Phi) is 2.99. The third kappa shape index (κ3) is 1.85. The van der Waals surface area contributed by atoms with Crippen LogP contribution in [0.5, 0.6) is 5.75 Å². The van der Waals surface area contributed by atoms with Crippen LogP contribution < -0.4 is 0 Å². The summed E-state index contributed by atoms with van der Waals surface area (Å²) in [5.74, 6) is 1.36. The molecule has 3 nitrogen and oxygen atoms in total. The number of phenolic OH excluding ortho intramolecular Hbond substituents is 1. The van der Waals surface area contributed by atoms with Crippen LogP contribution in [0.1, 0.15) is 12.5 Å². The molecule has 0 atom stereocenters. The van der Waals surface area contributed by atoms with Crippen molar-refractivity contribution in [2.24, 2.45) is 0 Å². The van der Waals surface area contributed by atoms with Crippen molar-refractivity contribution < 1.29 is 13.5 Å². The van der Waals surface area contributed by atoms with E-state index in [1.165, 1.54) is 12.1 Å². The fourth-order valence-electron chi connectivity index (χ4n) is 1.59. The first-order valence-corrected chi connectivity index (χ1v) is 7.56. The summed E-state index contributed by atoms with van der Waals surface area (Å²) in [5.41, 5.74) is 0.671. The highest BCUT2D eigenvalue weighted by Crippen LogP contribution is 2.36. The minimum atomic E-state index is -3.36. The van der Waals surface area contributed by atoms with Crippen molar-refractivity contribution in [1.29, 1.82) is 0 Å². The number of sulfone groups is 1. The first-order chi connectivity index (χ1) is 7.55. The third-order valence-corrected chi connectivity index (χ3v) is 5.39. The highest BCUT2D eigenvalue weighted by molar-refractivity contribution is 8.02. The zero-order chi connectivity index (χ0) is 11.8. The average molecular weight is 256 g/mol. The largest absolute Gasteiger partial charge is 0.508 e. The van der Waals surface area contributed by atoms with E-state index in [2.05, 4.69) is 0 Å². The molecule has 86 valence electrons. The van der Waals surface area contributed by atoms with Crippen LogP contribution in [0.3, 0.4) is 0 Å². The summed E-state index contributed by atoms with van der Waals surface area (Å²) in [4.78, 5) is 0.652. The monoisotopic (exact) mass is 256 g/mol. The van der Waals surface area contributed by atoms with E-state index < -0.39 is 9.84 Å². The summed E-state index contributed by atoms with van der Waals surface area (Å²) >= 11 is 1.57. The molecule has 1 aliphatic heterocycles. The van der Waals surface area contributed by atoms with Gasteiger partial charge in [-0.05, 0) is 35.6 Å². The smallest absolute Gasteiger partial charge is 0.204 e. The van der Waals surface area contributed by atoms with Crippen LogP contribution in [0.2, 0.25) is 0 Å². The lowest BCUT2D eigenvalue weighted by Gasteiger charge is -2.02. The highest BCUT2D eigenvalue weighted by atomic mass is 32.2. The second-order valence-corrected chi connectivity index (χ2v) is 6.72. The molecule has 0 saturated carbocycles. The first-order valence-electron chi connectivity index (χ1n) is 4.92. The van der Waals surface area contributed by atoms with E-state index in [9.17, 15) is 13.5 Å². The minimum Gasteiger partial charge on any atom is -0.508 e. The SMILES string of the molecule is CCSCC1=Cc2ccc(O)cc2S1(=O)=O. The Morgan fingerprint density at radius 2 is 2.12 bits per heavy atom. The van der Waals surface area contributed by atoms with E-state index in [1.54, 1.807) is 23.9 Å². The van der Waals surface area contributed by atoms with Crippen LogP contribution in [-0.4, -0.2) is 25.0 Å². The van der Waals surface area contributed by atoms with Crippen molar-refractivity contribution >= 4 is 27.7 Å².